The summed E-state index contributed by atoms with van der Waals surface area (Å²) in [5.41, 5.74) is 0. The summed E-state index contributed by atoms with van der Waals surface area (Å²) in [6.45, 7) is 4.20. The Morgan fingerprint density at radius 3 is 1.57 bits per heavy atom. The molecule has 46 valence electrons. The lowest BCUT2D eigenvalue weighted by atomic mass is 10.3. The van der Waals surface area contributed by atoms with Crippen LogP contribution >= 0.6 is 11.6 Å². The van der Waals surface area contributed by atoms with Crippen molar-refractivity contribution in [2.75, 3.05) is 0 Å². The fraction of sp³-hybridized carbons (Fsp3) is 1.00. The summed E-state index contributed by atoms with van der Waals surface area (Å²) < 4.78 is 0. The van der Waals surface area contributed by atoms with Crippen molar-refractivity contribution in [3.8, 4) is 0 Å². The van der Waals surface area contributed by atoms with Gasteiger partial charge in [0.2, 0.25) is 0 Å². The van der Waals surface area contributed by atoms with E-state index >= 15 is 0 Å². The molecule has 0 fully saturated rings. The summed E-state index contributed by atoms with van der Waals surface area (Å²) in [6, 6.07) is 0. The summed E-state index contributed by atoms with van der Waals surface area (Å²) in [5, 5.41) is 0.407. The average Bonchev–Trinajstić information content (AvgIpc) is 1.65. The standard InChI is InChI=1S/C5H11Cl.H2O/c1-3-5(6)4-2;/h5H,3-4H2,1-2H3;1H2. The fourth-order valence-electron chi connectivity index (χ4n) is 0.289. The Morgan fingerprint density at radius 1 is 1.29 bits per heavy atom. The summed E-state index contributed by atoms with van der Waals surface area (Å²) in [6.07, 6.45) is 2.19. The molecule has 0 atom stereocenters. The van der Waals surface area contributed by atoms with Crippen LogP contribution in [0.4, 0.5) is 0 Å². The molecule has 7 heavy (non-hydrogen) atoms. The number of halogens is 1. The van der Waals surface area contributed by atoms with Crippen LogP contribution < -0.4 is 0 Å². The van der Waals surface area contributed by atoms with Gasteiger partial charge in [-0.05, 0) is 12.8 Å². The molecule has 0 aromatic heterocycles. The fourth-order valence-corrected chi connectivity index (χ4v) is 0.289. The van der Waals surface area contributed by atoms with Crippen molar-refractivity contribution in [1.29, 1.82) is 0 Å². The Bertz CT molecular complexity index is 27.3. The van der Waals surface area contributed by atoms with Gasteiger partial charge in [-0.15, -0.1) is 11.6 Å². The first-order valence-electron chi connectivity index (χ1n) is 2.45. The van der Waals surface area contributed by atoms with E-state index in [4.69, 9.17) is 11.6 Å². The SMILES string of the molecule is CCC(Cl)CC.O. The van der Waals surface area contributed by atoms with Crippen molar-refractivity contribution >= 4 is 11.6 Å². The van der Waals surface area contributed by atoms with E-state index in [2.05, 4.69) is 13.8 Å². The Balaban J connectivity index is 0. The molecule has 0 aliphatic rings. The average molecular weight is 125 g/mol. The molecule has 0 aromatic carbocycles. The van der Waals surface area contributed by atoms with Gasteiger partial charge in [0.05, 0.1) is 0 Å². The van der Waals surface area contributed by atoms with E-state index in [-0.39, 0.29) is 5.48 Å². The van der Waals surface area contributed by atoms with Gasteiger partial charge in [0.25, 0.3) is 0 Å². The summed E-state index contributed by atoms with van der Waals surface area (Å²) in [5.74, 6) is 0. The quantitative estimate of drug-likeness (QED) is 0.501. The van der Waals surface area contributed by atoms with Crippen LogP contribution in [0.15, 0.2) is 0 Å². The largest absolute Gasteiger partial charge is 0.412 e. The van der Waals surface area contributed by atoms with Gasteiger partial charge in [-0.1, -0.05) is 13.8 Å². The van der Waals surface area contributed by atoms with Crippen LogP contribution in [0.5, 0.6) is 0 Å². The van der Waals surface area contributed by atoms with Gasteiger partial charge in [0, 0.05) is 5.38 Å². The second-order valence-corrected chi connectivity index (χ2v) is 2.03. The molecule has 0 aliphatic heterocycles. The maximum Gasteiger partial charge on any atom is 0.0330 e. The third kappa shape index (κ3) is 6.25. The zero-order valence-electron chi connectivity index (χ0n) is 4.87. The molecular weight excluding hydrogens is 112 g/mol. The van der Waals surface area contributed by atoms with Crippen LogP contribution in [0.3, 0.4) is 0 Å². The van der Waals surface area contributed by atoms with Gasteiger partial charge in [-0.25, -0.2) is 0 Å². The molecule has 0 saturated heterocycles. The van der Waals surface area contributed by atoms with Gasteiger partial charge in [0.15, 0.2) is 0 Å². The normalized spacial score (nSPS) is 8.57. The summed E-state index contributed by atoms with van der Waals surface area (Å²) in [4.78, 5) is 0. The Kier molecular flexibility index (Phi) is 9.17. The molecule has 0 spiro atoms. The lowest BCUT2D eigenvalue weighted by Crippen LogP contribution is -1.89. The number of hydrogen-bond donors (Lipinski definition) is 0. The highest BCUT2D eigenvalue weighted by molar-refractivity contribution is 6.20. The Morgan fingerprint density at radius 2 is 1.57 bits per heavy atom. The molecule has 1 nitrogen and oxygen atoms in total. The maximum atomic E-state index is 5.65. The van der Waals surface area contributed by atoms with Crippen LogP contribution in [0, 0.1) is 0 Å². The predicted molar refractivity (Wildman–Crippen MR) is 33.8 cm³/mol. The second kappa shape index (κ2) is 6.25. The highest BCUT2D eigenvalue weighted by atomic mass is 35.5. The van der Waals surface area contributed by atoms with Crippen LogP contribution in [0.2, 0.25) is 0 Å². The van der Waals surface area contributed by atoms with Crippen molar-refractivity contribution in [2.45, 2.75) is 32.1 Å². The van der Waals surface area contributed by atoms with Gasteiger partial charge in [-0.2, -0.15) is 0 Å². The highest BCUT2D eigenvalue weighted by Gasteiger charge is 1.91. The molecular formula is C5H13ClO. The molecule has 0 unspecified atom stereocenters. The minimum atomic E-state index is 0. The van der Waals surface area contributed by atoms with Crippen LogP contribution in [0.1, 0.15) is 26.7 Å². The zero-order chi connectivity index (χ0) is 4.99. The summed E-state index contributed by atoms with van der Waals surface area (Å²) >= 11 is 5.65. The van der Waals surface area contributed by atoms with E-state index in [9.17, 15) is 0 Å². The van der Waals surface area contributed by atoms with Crippen molar-refractivity contribution < 1.29 is 5.48 Å². The monoisotopic (exact) mass is 124 g/mol. The van der Waals surface area contributed by atoms with E-state index < -0.39 is 0 Å². The molecule has 0 heterocycles. The van der Waals surface area contributed by atoms with Crippen molar-refractivity contribution in [2.24, 2.45) is 0 Å². The predicted octanol–water partition coefficient (Wildman–Crippen LogP) is 1.59. The smallest absolute Gasteiger partial charge is 0.0330 e. The van der Waals surface area contributed by atoms with E-state index in [0.717, 1.165) is 12.8 Å². The minimum Gasteiger partial charge on any atom is -0.412 e. The highest BCUT2D eigenvalue weighted by Crippen LogP contribution is 2.03. The Labute approximate surface area is 50.0 Å². The number of hydrogen-bond acceptors (Lipinski definition) is 0. The molecule has 0 amide bonds. The van der Waals surface area contributed by atoms with Crippen molar-refractivity contribution in [3.05, 3.63) is 0 Å². The Hall–Kier alpha value is 0.250. The molecule has 0 bridgehead atoms. The van der Waals surface area contributed by atoms with Crippen LogP contribution in [-0.2, 0) is 0 Å². The third-order valence-corrected chi connectivity index (χ3v) is 1.50. The van der Waals surface area contributed by atoms with Crippen LogP contribution in [-0.4, -0.2) is 10.9 Å². The first-order chi connectivity index (χ1) is 2.81. The number of rotatable bonds is 2. The number of alkyl halides is 1. The van der Waals surface area contributed by atoms with Crippen molar-refractivity contribution in [1.82, 2.24) is 0 Å². The molecule has 0 aliphatic carbocycles. The van der Waals surface area contributed by atoms with Gasteiger partial charge in [0.1, 0.15) is 0 Å². The van der Waals surface area contributed by atoms with Gasteiger partial charge < -0.3 is 5.48 Å². The van der Waals surface area contributed by atoms with Crippen LogP contribution in [0.25, 0.3) is 0 Å². The van der Waals surface area contributed by atoms with Gasteiger partial charge in [-0.3, -0.25) is 0 Å². The van der Waals surface area contributed by atoms with E-state index in [1.807, 2.05) is 0 Å². The third-order valence-electron chi connectivity index (χ3n) is 0.886. The van der Waals surface area contributed by atoms with E-state index in [0.29, 0.717) is 5.38 Å². The molecule has 0 radical (unpaired) electrons. The molecule has 2 heteroatoms. The molecule has 0 aromatic rings. The lowest BCUT2D eigenvalue weighted by molar-refractivity contribution is 0.782. The van der Waals surface area contributed by atoms with E-state index in [1.54, 1.807) is 0 Å². The topological polar surface area (TPSA) is 31.5 Å². The maximum absolute atomic E-state index is 5.65. The zero-order valence-corrected chi connectivity index (χ0v) is 5.63. The first kappa shape index (κ1) is 10.3. The lowest BCUT2D eigenvalue weighted by Gasteiger charge is -1.95. The van der Waals surface area contributed by atoms with Crippen molar-refractivity contribution in [3.63, 3.8) is 0 Å². The molecule has 2 N–H and O–H groups in total. The summed E-state index contributed by atoms with van der Waals surface area (Å²) in [7, 11) is 0. The second-order valence-electron chi connectivity index (χ2n) is 1.41. The molecule has 0 rings (SSSR count). The molecule has 0 saturated carbocycles. The first-order valence-corrected chi connectivity index (χ1v) is 2.89. The van der Waals surface area contributed by atoms with Gasteiger partial charge >= 0.3 is 0 Å². The van der Waals surface area contributed by atoms with E-state index in [1.165, 1.54) is 0 Å². The minimum absolute atomic E-state index is 0.